The van der Waals surface area contributed by atoms with Crippen molar-refractivity contribution in [2.45, 2.75) is 0 Å². The molecule has 4 heteroatoms. The standard InChI is InChI=1S/C44H26N4/c45-27-29-21-23-43-38(25-29)36-16-6-9-20-41(36)48(43)44-32(28-46)13-10-17-33(44)31-22-24-42(37(26-31)30-11-2-1-3-12-30)47-39-18-7-4-14-34(39)35-15-5-8-19-40(35)47/h1-26H. The molecule has 0 saturated heterocycles. The molecule has 0 bridgehead atoms. The number of nitrogens with zero attached hydrogens (tertiary/aromatic N) is 4. The van der Waals surface area contributed by atoms with Crippen LogP contribution in [0.2, 0.25) is 0 Å². The average Bonchev–Trinajstić information content (AvgIpc) is 3.67. The Hall–Kier alpha value is -6.88. The maximum absolute atomic E-state index is 10.5. The molecule has 0 radical (unpaired) electrons. The highest BCUT2D eigenvalue weighted by Gasteiger charge is 2.21. The number of rotatable bonds is 4. The van der Waals surface area contributed by atoms with Crippen molar-refractivity contribution in [1.82, 2.24) is 9.13 Å². The fraction of sp³-hybridized carbons (Fsp3) is 0. The summed E-state index contributed by atoms with van der Waals surface area (Å²) in [4.78, 5) is 0. The minimum Gasteiger partial charge on any atom is -0.309 e. The topological polar surface area (TPSA) is 57.4 Å². The van der Waals surface area contributed by atoms with Gasteiger partial charge < -0.3 is 9.13 Å². The number of benzene rings is 7. The Kier molecular flexibility index (Phi) is 6.22. The zero-order chi connectivity index (χ0) is 32.2. The van der Waals surface area contributed by atoms with Crippen LogP contribution in [0.15, 0.2) is 158 Å². The normalized spacial score (nSPS) is 11.3. The molecule has 0 N–H and O–H groups in total. The van der Waals surface area contributed by atoms with Gasteiger partial charge in [-0.05, 0) is 65.7 Å². The first-order valence-electron chi connectivity index (χ1n) is 15.9. The van der Waals surface area contributed by atoms with E-state index in [0.29, 0.717) is 11.1 Å². The van der Waals surface area contributed by atoms with E-state index in [1.807, 2.05) is 48.5 Å². The van der Waals surface area contributed by atoms with E-state index in [1.165, 1.54) is 10.8 Å². The van der Waals surface area contributed by atoms with Crippen molar-refractivity contribution in [3.63, 3.8) is 0 Å². The van der Waals surface area contributed by atoms with Gasteiger partial charge in [-0.15, -0.1) is 0 Å². The number of aromatic nitrogens is 2. The molecule has 0 spiro atoms. The van der Waals surface area contributed by atoms with E-state index < -0.39 is 0 Å². The molecular formula is C44H26N4. The van der Waals surface area contributed by atoms with Crippen LogP contribution in [0, 0.1) is 22.7 Å². The summed E-state index contributed by atoms with van der Waals surface area (Å²) in [6.07, 6.45) is 0. The van der Waals surface area contributed by atoms with Gasteiger partial charge in [0.15, 0.2) is 0 Å². The minimum atomic E-state index is 0.576. The Morgan fingerprint density at radius 2 is 1.00 bits per heavy atom. The Labute approximate surface area is 277 Å². The number of nitriles is 2. The summed E-state index contributed by atoms with van der Waals surface area (Å²) in [6.45, 7) is 0. The fourth-order valence-corrected chi connectivity index (χ4v) is 7.32. The first-order valence-corrected chi connectivity index (χ1v) is 15.9. The molecule has 2 aromatic heterocycles. The maximum atomic E-state index is 10.5. The molecule has 0 atom stereocenters. The largest absolute Gasteiger partial charge is 0.309 e. The molecule has 48 heavy (non-hydrogen) atoms. The van der Waals surface area contributed by atoms with Gasteiger partial charge in [-0.2, -0.15) is 10.5 Å². The Bertz CT molecular complexity index is 2750. The van der Waals surface area contributed by atoms with Gasteiger partial charge in [-0.3, -0.25) is 0 Å². The summed E-state index contributed by atoms with van der Waals surface area (Å²) in [5.41, 5.74) is 11.5. The van der Waals surface area contributed by atoms with Gasteiger partial charge in [0.1, 0.15) is 6.07 Å². The van der Waals surface area contributed by atoms with Crippen LogP contribution in [0.4, 0.5) is 0 Å². The lowest BCUT2D eigenvalue weighted by Gasteiger charge is -2.19. The van der Waals surface area contributed by atoms with Gasteiger partial charge >= 0.3 is 0 Å². The zero-order valence-corrected chi connectivity index (χ0v) is 25.8. The lowest BCUT2D eigenvalue weighted by atomic mass is 9.94. The van der Waals surface area contributed by atoms with E-state index in [1.54, 1.807) is 0 Å². The van der Waals surface area contributed by atoms with E-state index in [4.69, 9.17) is 0 Å². The first kappa shape index (κ1) is 27.4. The Morgan fingerprint density at radius 3 is 1.67 bits per heavy atom. The van der Waals surface area contributed by atoms with Crippen molar-refractivity contribution in [3.8, 4) is 45.8 Å². The molecule has 0 amide bonds. The summed E-state index contributed by atoms with van der Waals surface area (Å²) in [7, 11) is 0. The Morgan fingerprint density at radius 1 is 0.396 bits per heavy atom. The van der Waals surface area contributed by atoms with Crippen LogP contribution >= 0.6 is 0 Å². The van der Waals surface area contributed by atoms with Crippen molar-refractivity contribution >= 4 is 43.6 Å². The smallest absolute Gasteiger partial charge is 0.101 e. The van der Waals surface area contributed by atoms with Crippen molar-refractivity contribution in [1.29, 1.82) is 10.5 Å². The third-order valence-corrected chi connectivity index (χ3v) is 9.40. The van der Waals surface area contributed by atoms with Crippen LogP contribution in [0.5, 0.6) is 0 Å². The van der Waals surface area contributed by atoms with Crippen molar-refractivity contribution in [2.24, 2.45) is 0 Å². The number of fused-ring (bicyclic) bond motifs is 6. The molecule has 0 aliphatic carbocycles. The molecule has 9 rings (SSSR count). The van der Waals surface area contributed by atoms with Crippen LogP contribution in [-0.4, -0.2) is 9.13 Å². The lowest BCUT2D eigenvalue weighted by molar-refractivity contribution is 1.16. The summed E-state index contributed by atoms with van der Waals surface area (Å²) >= 11 is 0. The van der Waals surface area contributed by atoms with Crippen LogP contribution in [-0.2, 0) is 0 Å². The van der Waals surface area contributed by atoms with Crippen LogP contribution in [0.25, 0.3) is 77.2 Å². The molecule has 0 aliphatic rings. The van der Waals surface area contributed by atoms with Crippen molar-refractivity contribution in [2.75, 3.05) is 0 Å². The summed E-state index contributed by atoms with van der Waals surface area (Å²) in [6, 6.07) is 59.0. The van der Waals surface area contributed by atoms with Gasteiger partial charge in [-0.1, -0.05) is 103 Å². The highest BCUT2D eigenvalue weighted by atomic mass is 15.0. The van der Waals surface area contributed by atoms with Gasteiger partial charge in [0.2, 0.25) is 0 Å². The Balaban J connectivity index is 1.36. The fourth-order valence-electron chi connectivity index (χ4n) is 7.32. The number of hydrogen-bond acceptors (Lipinski definition) is 2. The number of hydrogen-bond donors (Lipinski definition) is 0. The second kappa shape index (κ2) is 10.9. The van der Waals surface area contributed by atoms with Crippen molar-refractivity contribution < 1.29 is 0 Å². The highest BCUT2D eigenvalue weighted by molar-refractivity contribution is 6.11. The molecule has 0 fully saturated rings. The highest BCUT2D eigenvalue weighted by Crippen LogP contribution is 2.41. The number of para-hydroxylation sites is 4. The van der Waals surface area contributed by atoms with E-state index in [0.717, 1.165) is 66.5 Å². The third-order valence-electron chi connectivity index (χ3n) is 9.40. The van der Waals surface area contributed by atoms with Crippen LogP contribution in [0.3, 0.4) is 0 Å². The first-order chi connectivity index (χ1) is 23.7. The van der Waals surface area contributed by atoms with E-state index in [2.05, 4.69) is 130 Å². The molecule has 7 aromatic carbocycles. The molecule has 0 saturated carbocycles. The second-order valence-electron chi connectivity index (χ2n) is 12.0. The van der Waals surface area contributed by atoms with E-state index in [-0.39, 0.29) is 0 Å². The van der Waals surface area contributed by atoms with Gasteiger partial charge in [0.05, 0.1) is 50.6 Å². The predicted molar refractivity (Wildman–Crippen MR) is 195 cm³/mol. The van der Waals surface area contributed by atoms with E-state index in [9.17, 15) is 10.5 Å². The molecule has 4 nitrogen and oxygen atoms in total. The quantitative estimate of drug-likeness (QED) is 0.199. The summed E-state index contributed by atoms with van der Waals surface area (Å²) in [5, 5.41) is 24.6. The van der Waals surface area contributed by atoms with Crippen LogP contribution < -0.4 is 0 Å². The molecular weight excluding hydrogens is 585 g/mol. The second-order valence-corrected chi connectivity index (χ2v) is 12.0. The average molecular weight is 611 g/mol. The molecule has 0 aliphatic heterocycles. The molecule has 0 unspecified atom stereocenters. The van der Waals surface area contributed by atoms with Gasteiger partial charge in [-0.25, -0.2) is 0 Å². The lowest BCUT2D eigenvalue weighted by Crippen LogP contribution is -2.02. The van der Waals surface area contributed by atoms with Crippen LogP contribution in [0.1, 0.15) is 11.1 Å². The predicted octanol–water partition coefficient (Wildman–Crippen LogP) is 11.0. The molecule has 9 aromatic rings. The molecule has 222 valence electrons. The van der Waals surface area contributed by atoms with Gasteiger partial charge in [0.25, 0.3) is 0 Å². The minimum absolute atomic E-state index is 0.576. The SMILES string of the molecule is N#Cc1ccc2c(c1)c1ccccc1n2-c1c(C#N)cccc1-c1ccc(-n2c3ccccc3c3ccccc32)c(-c2ccccc2)c1. The van der Waals surface area contributed by atoms with Crippen molar-refractivity contribution in [3.05, 3.63) is 169 Å². The summed E-state index contributed by atoms with van der Waals surface area (Å²) < 4.78 is 4.55. The van der Waals surface area contributed by atoms with Gasteiger partial charge in [0, 0.05) is 32.7 Å². The maximum Gasteiger partial charge on any atom is 0.101 e. The summed E-state index contributed by atoms with van der Waals surface area (Å²) in [5.74, 6) is 0. The van der Waals surface area contributed by atoms with E-state index >= 15 is 0 Å². The third kappa shape index (κ3) is 4.07. The molecule has 2 heterocycles. The monoisotopic (exact) mass is 610 g/mol. The zero-order valence-electron chi connectivity index (χ0n) is 25.8.